The Hall–Kier alpha value is -1.40. The second-order valence-electron chi connectivity index (χ2n) is 5.09. The molecule has 2 heterocycles. The van der Waals surface area contributed by atoms with Crippen molar-refractivity contribution in [2.45, 2.75) is 32.4 Å². The number of ether oxygens (including phenoxy) is 1. The first-order chi connectivity index (χ1) is 9.63. The molecule has 6 heteroatoms. The number of nitrogens with zero attached hydrogens (tertiary/aromatic N) is 3. The predicted molar refractivity (Wildman–Crippen MR) is 79.8 cm³/mol. The third-order valence-corrected chi connectivity index (χ3v) is 3.76. The van der Waals surface area contributed by atoms with Crippen molar-refractivity contribution in [1.29, 1.82) is 0 Å². The van der Waals surface area contributed by atoms with E-state index in [1.807, 2.05) is 20.0 Å². The van der Waals surface area contributed by atoms with Gasteiger partial charge in [-0.2, -0.15) is 5.10 Å². The van der Waals surface area contributed by atoms with Crippen molar-refractivity contribution < 1.29 is 4.74 Å². The van der Waals surface area contributed by atoms with Crippen molar-refractivity contribution >= 4 is 15.9 Å². The minimum Gasteiger partial charge on any atom is -0.437 e. The average Bonchev–Trinajstić information content (AvgIpc) is 3.17. The molecule has 2 aromatic heterocycles. The highest BCUT2D eigenvalue weighted by Crippen LogP contribution is 2.29. The number of halogens is 1. The number of hydrogen-bond donors (Lipinski definition) is 1. The zero-order chi connectivity index (χ0) is 14.1. The van der Waals surface area contributed by atoms with E-state index in [2.05, 4.69) is 31.3 Å². The molecule has 1 aliphatic carbocycles. The Morgan fingerprint density at radius 2 is 2.25 bits per heavy atom. The molecule has 1 N–H and O–H groups in total. The molecule has 1 aliphatic rings. The van der Waals surface area contributed by atoms with E-state index >= 15 is 0 Å². The number of aromatic nitrogens is 3. The number of hydrogen-bond acceptors (Lipinski definition) is 4. The molecule has 2 aromatic rings. The molecule has 3 rings (SSSR count). The van der Waals surface area contributed by atoms with Gasteiger partial charge < -0.3 is 10.1 Å². The Bertz CT molecular complexity index is 622. The van der Waals surface area contributed by atoms with Gasteiger partial charge in [0, 0.05) is 30.3 Å². The highest BCUT2D eigenvalue weighted by atomic mass is 79.9. The highest BCUT2D eigenvalue weighted by molar-refractivity contribution is 9.10. The summed E-state index contributed by atoms with van der Waals surface area (Å²) in [6, 6.07) is 2.56. The Kier molecular flexibility index (Phi) is 3.76. The number of nitrogens with one attached hydrogen (secondary N) is 1. The lowest BCUT2D eigenvalue weighted by Gasteiger charge is -2.09. The van der Waals surface area contributed by atoms with Crippen molar-refractivity contribution in [3.63, 3.8) is 0 Å². The second kappa shape index (κ2) is 5.54. The largest absolute Gasteiger partial charge is 0.437 e. The maximum Gasteiger partial charge on any atom is 0.222 e. The maximum atomic E-state index is 5.96. The zero-order valence-electron chi connectivity index (χ0n) is 11.6. The topological polar surface area (TPSA) is 52.0 Å². The van der Waals surface area contributed by atoms with E-state index in [4.69, 9.17) is 4.74 Å². The van der Waals surface area contributed by atoms with Gasteiger partial charge in [-0.3, -0.25) is 4.98 Å². The van der Waals surface area contributed by atoms with Crippen LogP contribution < -0.4 is 10.1 Å². The smallest absolute Gasteiger partial charge is 0.222 e. The van der Waals surface area contributed by atoms with Gasteiger partial charge in [0.25, 0.3) is 0 Å². The van der Waals surface area contributed by atoms with Crippen LogP contribution in [0.15, 0.2) is 22.9 Å². The summed E-state index contributed by atoms with van der Waals surface area (Å²) in [6.07, 6.45) is 5.97. The van der Waals surface area contributed by atoms with Crippen LogP contribution in [0.3, 0.4) is 0 Å². The fourth-order valence-corrected chi connectivity index (χ4v) is 2.45. The van der Waals surface area contributed by atoms with Crippen LogP contribution in [0.5, 0.6) is 11.6 Å². The van der Waals surface area contributed by atoms with Crippen molar-refractivity contribution in [3.8, 4) is 11.6 Å². The molecule has 0 aromatic carbocycles. The van der Waals surface area contributed by atoms with Gasteiger partial charge in [0.2, 0.25) is 5.88 Å². The number of rotatable bonds is 5. The summed E-state index contributed by atoms with van der Waals surface area (Å²) in [5.74, 6) is 1.48. The predicted octanol–water partition coefficient (Wildman–Crippen LogP) is 2.93. The van der Waals surface area contributed by atoms with Gasteiger partial charge >= 0.3 is 0 Å². The van der Waals surface area contributed by atoms with Crippen molar-refractivity contribution in [2.24, 2.45) is 7.05 Å². The van der Waals surface area contributed by atoms with Gasteiger partial charge in [-0.25, -0.2) is 4.68 Å². The Morgan fingerprint density at radius 1 is 1.45 bits per heavy atom. The molecule has 5 nitrogen and oxygen atoms in total. The van der Waals surface area contributed by atoms with Crippen LogP contribution in [-0.4, -0.2) is 20.8 Å². The van der Waals surface area contributed by atoms with Crippen LogP contribution in [0, 0.1) is 6.92 Å². The zero-order valence-corrected chi connectivity index (χ0v) is 13.1. The molecule has 1 fully saturated rings. The average molecular weight is 337 g/mol. The van der Waals surface area contributed by atoms with Crippen LogP contribution in [-0.2, 0) is 13.6 Å². The fraction of sp³-hybridized carbons (Fsp3) is 0.429. The molecular formula is C14H17BrN4O. The van der Waals surface area contributed by atoms with E-state index in [0.29, 0.717) is 11.8 Å². The third-order valence-electron chi connectivity index (χ3n) is 3.33. The summed E-state index contributed by atoms with van der Waals surface area (Å²) in [7, 11) is 1.90. The minimum absolute atomic E-state index is 0.662. The van der Waals surface area contributed by atoms with E-state index in [0.717, 1.165) is 28.2 Å². The van der Waals surface area contributed by atoms with Gasteiger partial charge in [-0.1, -0.05) is 0 Å². The molecule has 1 saturated carbocycles. The lowest BCUT2D eigenvalue weighted by molar-refractivity contribution is 0.422. The number of pyridine rings is 1. The lowest BCUT2D eigenvalue weighted by atomic mass is 10.2. The molecule has 0 radical (unpaired) electrons. The summed E-state index contributed by atoms with van der Waals surface area (Å²) < 4.78 is 8.64. The number of aryl methyl sites for hydroxylation is 2. The van der Waals surface area contributed by atoms with Crippen LogP contribution in [0.25, 0.3) is 0 Å². The molecule has 0 atom stereocenters. The van der Waals surface area contributed by atoms with E-state index in [1.165, 1.54) is 12.8 Å². The van der Waals surface area contributed by atoms with E-state index in [9.17, 15) is 0 Å². The third kappa shape index (κ3) is 3.02. The van der Waals surface area contributed by atoms with Gasteiger partial charge in [-0.05, 0) is 41.8 Å². The second-order valence-corrected chi connectivity index (χ2v) is 6.00. The first kappa shape index (κ1) is 13.6. The summed E-state index contributed by atoms with van der Waals surface area (Å²) in [6.45, 7) is 2.80. The normalized spacial score (nSPS) is 14.6. The van der Waals surface area contributed by atoms with Crippen molar-refractivity contribution in [2.75, 3.05) is 0 Å². The minimum atomic E-state index is 0.662. The SMILES string of the molecule is Cc1nn(C)c(Oc2cncc(Br)c2)c1CNC1CC1. The summed E-state index contributed by atoms with van der Waals surface area (Å²) in [5.41, 5.74) is 2.11. The Labute approximate surface area is 126 Å². The molecule has 0 amide bonds. The van der Waals surface area contributed by atoms with E-state index in [-0.39, 0.29) is 0 Å². The molecule has 20 heavy (non-hydrogen) atoms. The first-order valence-corrected chi connectivity index (χ1v) is 7.47. The lowest BCUT2D eigenvalue weighted by Crippen LogP contribution is -2.16. The van der Waals surface area contributed by atoms with E-state index in [1.54, 1.807) is 17.1 Å². The van der Waals surface area contributed by atoms with Gasteiger partial charge in [0.1, 0.15) is 5.75 Å². The molecule has 106 valence electrons. The fourth-order valence-electron chi connectivity index (χ4n) is 2.11. The molecule has 0 bridgehead atoms. The summed E-state index contributed by atoms with van der Waals surface area (Å²) in [4.78, 5) is 4.11. The van der Waals surface area contributed by atoms with Gasteiger partial charge in [0.15, 0.2) is 0 Å². The molecular weight excluding hydrogens is 320 g/mol. The van der Waals surface area contributed by atoms with Crippen LogP contribution in [0.4, 0.5) is 0 Å². The monoisotopic (exact) mass is 336 g/mol. The van der Waals surface area contributed by atoms with E-state index < -0.39 is 0 Å². The molecule has 0 saturated heterocycles. The molecule has 0 aliphatic heterocycles. The molecule has 0 spiro atoms. The summed E-state index contributed by atoms with van der Waals surface area (Å²) in [5, 5.41) is 7.95. The van der Waals surface area contributed by atoms with Gasteiger partial charge in [-0.15, -0.1) is 0 Å². The first-order valence-electron chi connectivity index (χ1n) is 6.68. The quantitative estimate of drug-likeness (QED) is 0.911. The van der Waals surface area contributed by atoms with Crippen molar-refractivity contribution in [1.82, 2.24) is 20.1 Å². The van der Waals surface area contributed by atoms with Crippen LogP contribution in [0.1, 0.15) is 24.1 Å². The van der Waals surface area contributed by atoms with Crippen molar-refractivity contribution in [3.05, 3.63) is 34.2 Å². The Morgan fingerprint density at radius 3 is 2.95 bits per heavy atom. The van der Waals surface area contributed by atoms with Crippen LogP contribution in [0.2, 0.25) is 0 Å². The standard InChI is InChI=1S/C14H17BrN4O/c1-9-13(8-17-11-3-4-11)14(19(2)18-9)20-12-5-10(15)6-16-7-12/h5-7,11,17H,3-4,8H2,1-2H3. The van der Waals surface area contributed by atoms with Crippen LogP contribution >= 0.6 is 15.9 Å². The van der Waals surface area contributed by atoms with Gasteiger partial charge in [0.05, 0.1) is 17.5 Å². The molecule has 0 unspecified atom stereocenters. The summed E-state index contributed by atoms with van der Waals surface area (Å²) >= 11 is 3.40. The Balaban J connectivity index is 1.83. The highest BCUT2D eigenvalue weighted by Gasteiger charge is 2.23. The maximum absolute atomic E-state index is 5.96.